The van der Waals surface area contributed by atoms with Crippen LogP contribution in [-0.4, -0.2) is 29.1 Å². The third-order valence-electron chi connectivity index (χ3n) is 4.25. The molecule has 1 unspecified atom stereocenters. The second kappa shape index (κ2) is 5.60. The highest BCUT2D eigenvalue weighted by molar-refractivity contribution is 6.04. The molecule has 1 fully saturated rings. The first-order valence-electron chi connectivity index (χ1n) is 7.35. The number of benzene rings is 1. The van der Waals surface area contributed by atoms with E-state index in [0.29, 0.717) is 11.5 Å². The standard InChI is InChI=1S/C16H20N4O/c1-2-11-7-8-20(10-11)16-13(15(17)19-21)9-12-5-3-4-6-14(12)18-16/h3-6,9,11,21H,2,7-8,10H2,1H3,(H2,17,19). The highest BCUT2D eigenvalue weighted by Gasteiger charge is 2.25. The highest BCUT2D eigenvalue weighted by atomic mass is 16.4. The molecule has 21 heavy (non-hydrogen) atoms. The van der Waals surface area contributed by atoms with Gasteiger partial charge in [-0.1, -0.05) is 36.7 Å². The van der Waals surface area contributed by atoms with E-state index in [9.17, 15) is 0 Å². The summed E-state index contributed by atoms with van der Waals surface area (Å²) in [7, 11) is 0. The Morgan fingerprint density at radius 1 is 1.48 bits per heavy atom. The molecule has 3 rings (SSSR count). The SMILES string of the molecule is CCC1CCN(c2nc3ccccc3cc2/C(N)=N/O)C1. The van der Waals surface area contributed by atoms with Gasteiger partial charge >= 0.3 is 0 Å². The number of hydrogen-bond acceptors (Lipinski definition) is 4. The third kappa shape index (κ3) is 2.51. The lowest BCUT2D eigenvalue weighted by Gasteiger charge is -2.21. The predicted octanol–water partition coefficient (Wildman–Crippen LogP) is 2.57. The quantitative estimate of drug-likeness (QED) is 0.393. The largest absolute Gasteiger partial charge is 0.409 e. The van der Waals surface area contributed by atoms with Crippen LogP contribution >= 0.6 is 0 Å². The number of oxime groups is 1. The molecule has 1 aromatic carbocycles. The zero-order valence-electron chi connectivity index (χ0n) is 12.2. The smallest absolute Gasteiger partial charge is 0.173 e. The lowest BCUT2D eigenvalue weighted by atomic mass is 10.1. The predicted molar refractivity (Wildman–Crippen MR) is 84.9 cm³/mol. The van der Waals surface area contributed by atoms with Crippen molar-refractivity contribution in [3.8, 4) is 0 Å². The Labute approximate surface area is 124 Å². The molecule has 1 aliphatic heterocycles. The van der Waals surface area contributed by atoms with Crippen LogP contribution in [0.5, 0.6) is 0 Å². The summed E-state index contributed by atoms with van der Waals surface area (Å²) in [6, 6.07) is 9.86. The normalized spacial score (nSPS) is 19.4. The van der Waals surface area contributed by atoms with Crippen LogP contribution in [0.2, 0.25) is 0 Å². The molecule has 0 radical (unpaired) electrons. The molecular formula is C16H20N4O. The van der Waals surface area contributed by atoms with Crippen molar-refractivity contribution >= 4 is 22.6 Å². The van der Waals surface area contributed by atoms with Gasteiger partial charge in [-0.3, -0.25) is 0 Å². The van der Waals surface area contributed by atoms with Crippen LogP contribution in [0, 0.1) is 5.92 Å². The minimum absolute atomic E-state index is 0.114. The fourth-order valence-corrected chi connectivity index (χ4v) is 2.95. The third-order valence-corrected chi connectivity index (χ3v) is 4.25. The zero-order valence-corrected chi connectivity index (χ0v) is 12.2. The molecule has 0 bridgehead atoms. The van der Waals surface area contributed by atoms with Crippen molar-refractivity contribution < 1.29 is 5.21 Å². The minimum atomic E-state index is 0.114. The van der Waals surface area contributed by atoms with Gasteiger partial charge in [0.2, 0.25) is 0 Å². The fraction of sp³-hybridized carbons (Fsp3) is 0.375. The van der Waals surface area contributed by atoms with Gasteiger partial charge in [0.1, 0.15) is 5.82 Å². The van der Waals surface area contributed by atoms with E-state index in [0.717, 1.165) is 29.8 Å². The van der Waals surface area contributed by atoms with E-state index in [4.69, 9.17) is 15.9 Å². The van der Waals surface area contributed by atoms with E-state index >= 15 is 0 Å². The molecule has 3 N–H and O–H groups in total. The van der Waals surface area contributed by atoms with Crippen LogP contribution in [0.25, 0.3) is 10.9 Å². The van der Waals surface area contributed by atoms with Gasteiger partial charge in [-0.2, -0.15) is 0 Å². The maximum Gasteiger partial charge on any atom is 0.173 e. The number of pyridine rings is 1. The molecule has 0 aliphatic carbocycles. The zero-order chi connectivity index (χ0) is 14.8. The molecule has 5 nitrogen and oxygen atoms in total. The van der Waals surface area contributed by atoms with Gasteiger partial charge in [-0.25, -0.2) is 4.98 Å². The number of anilines is 1. The first-order chi connectivity index (χ1) is 10.2. The lowest BCUT2D eigenvalue weighted by molar-refractivity contribution is 0.318. The maximum atomic E-state index is 9.04. The van der Waals surface area contributed by atoms with Crippen LogP contribution in [0.3, 0.4) is 0 Å². The topological polar surface area (TPSA) is 74.7 Å². The number of amidine groups is 1. The van der Waals surface area contributed by atoms with Gasteiger partial charge in [-0.15, -0.1) is 0 Å². The second-order valence-corrected chi connectivity index (χ2v) is 5.55. The van der Waals surface area contributed by atoms with Crippen molar-refractivity contribution in [1.29, 1.82) is 0 Å². The summed E-state index contributed by atoms with van der Waals surface area (Å²) in [6.45, 7) is 4.16. The van der Waals surface area contributed by atoms with E-state index in [1.54, 1.807) is 0 Å². The molecule has 1 atom stereocenters. The van der Waals surface area contributed by atoms with Crippen molar-refractivity contribution in [2.45, 2.75) is 19.8 Å². The van der Waals surface area contributed by atoms with Crippen molar-refractivity contribution in [2.24, 2.45) is 16.8 Å². The molecule has 110 valence electrons. The van der Waals surface area contributed by atoms with Gasteiger partial charge in [0, 0.05) is 18.5 Å². The summed E-state index contributed by atoms with van der Waals surface area (Å²) >= 11 is 0. The molecule has 1 aromatic heterocycles. The van der Waals surface area contributed by atoms with Crippen LogP contribution in [0.15, 0.2) is 35.5 Å². The molecular weight excluding hydrogens is 264 g/mol. The van der Waals surface area contributed by atoms with Crippen molar-refractivity contribution in [3.63, 3.8) is 0 Å². The van der Waals surface area contributed by atoms with Gasteiger partial charge in [0.05, 0.1) is 11.1 Å². The monoisotopic (exact) mass is 284 g/mol. The van der Waals surface area contributed by atoms with Crippen molar-refractivity contribution in [3.05, 3.63) is 35.9 Å². The van der Waals surface area contributed by atoms with E-state index in [1.165, 1.54) is 12.8 Å². The molecule has 1 aliphatic rings. The van der Waals surface area contributed by atoms with Crippen LogP contribution in [0.4, 0.5) is 5.82 Å². The van der Waals surface area contributed by atoms with E-state index in [2.05, 4.69) is 17.0 Å². The number of rotatable bonds is 3. The average Bonchev–Trinajstić information content (AvgIpc) is 3.01. The molecule has 1 saturated heterocycles. The fourth-order valence-electron chi connectivity index (χ4n) is 2.95. The Bertz CT molecular complexity index is 683. The summed E-state index contributed by atoms with van der Waals surface area (Å²) in [5.41, 5.74) is 7.49. The maximum absolute atomic E-state index is 9.04. The van der Waals surface area contributed by atoms with Crippen LogP contribution in [-0.2, 0) is 0 Å². The number of fused-ring (bicyclic) bond motifs is 1. The van der Waals surface area contributed by atoms with Gasteiger partial charge in [-0.05, 0) is 24.5 Å². The summed E-state index contributed by atoms with van der Waals surface area (Å²) in [5, 5.41) is 13.2. The van der Waals surface area contributed by atoms with E-state index in [1.807, 2.05) is 30.3 Å². The summed E-state index contributed by atoms with van der Waals surface area (Å²) in [4.78, 5) is 6.99. The molecule has 2 aromatic rings. The van der Waals surface area contributed by atoms with Gasteiger partial charge in [0.25, 0.3) is 0 Å². The molecule has 2 heterocycles. The first kappa shape index (κ1) is 13.7. The lowest BCUT2D eigenvalue weighted by Crippen LogP contribution is -2.26. The van der Waals surface area contributed by atoms with Crippen molar-refractivity contribution in [2.75, 3.05) is 18.0 Å². The molecule has 0 saturated carbocycles. The first-order valence-corrected chi connectivity index (χ1v) is 7.35. The number of nitrogens with two attached hydrogens (primary N) is 1. The van der Waals surface area contributed by atoms with Crippen molar-refractivity contribution in [1.82, 2.24) is 4.98 Å². The number of nitrogens with zero attached hydrogens (tertiary/aromatic N) is 3. The van der Waals surface area contributed by atoms with Crippen LogP contribution < -0.4 is 10.6 Å². The Balaban J connectivity index is 2.10. The summed E-state index contributed by atoms with van der Waals surface area (Å²) in [5.74, 6) is 1.63. The Morgan fingerprint density at radius 3 is 3.00 bits per heavy atom. The van der Waals surface area contributed by atoms with Gasteiger partial charge < -0.3 is 15.8 Å². The average molecular weight is 284 g/mol. The minimum Gasteiger partial charge on any atom is -0.409 e. The molecule has 0 spiro atoms. The Hall–Kier alpha value is -2.30. The Morgan fingerprint density at radius 2 is 2.29 bits per heavy atom. The number of aromatic nitrogens is 1. The number of hydrogen-bond donors (Lipinski definition) is 2. The molecule has 0 amide bonds. The summed E-state index contributed by atoms with van der Waals surface area (Å²) in [6.07, 6.45) is 2.34. The Kier molecular flexibility index (Phi) is 3.64. The van der Waals surface area contributed by atoms with Crippen LogP contribution in [0.1, 0.15) is 25.3 Å². The second-order valence-electron chi connectivity index (χ2n) is 5.55. The van der Waals surface area contributed by atoms with E-state index in [-0.39, 0.29) is 5.84 Å². The summed E-state index contributed by atoms with van der Waals surface area (Å²) < 4.78 is 0. The van der Waals surface area contributed by atoms with Gasteiger partial charge in [0.15, 0.2) is 5.84 Å². The molecule has 5 heteroatoms. The highest BCUT2D eigenvalue weighted by Crippen LogP contribution is 2.29. The number of para-hydroxylation sites is 1. The van der Waals surface area contributed by atoms with E-state index < -0.39 is 0 Å².